The van der Waals surface area contributed by atoms with Crippen LogP contribution in [0.15, 0.2) is 10.4 Å². The van der Waals surface area contributed by atoms with Gasteiger partial charge in [-0.15, -0.1) is 11.3 Å². The number of nitrogens with zero attached hydrogens (tertiary/aromatic N) is 4. The third kappa shape index (κ3) is 3.04. The average Bonchev–Trinajstić information content (AvgIpc) is 3.18. The van der Waals surface area contributed by atoms with Crippen LogP contribution in [0.1, 0.15) is 53.6 Å². The molecule has 2 aliphatic rings. The Balaban J connectivity index is 1.52. The molecule has 0 aromatic carbocycles. The Bertz CT molecular complexity index is 877. The van der Waals surface area contributed by atoms with Gasteiger partial charge in [-0.2, -0.15) is 9.40 Å². The zero-order valence-electron chi connectivity index (χ0n) is 14.7. The lowest BCUT2D eigenvalue weighted by Crippen LogP contribution is -2.38. The van der Waals surface area contributed by atoms with E-state index in [-0.39, 0.29) is 0 Å². The van der Waals surface area contributed by atoms with Crippen LogP contribution < -0.4 is 0 Å². The molecule has 25 heavy (non-hydrogen) atoms. The minimum atomic E-state index is -3.39. The van der Waals surface area contributed by atoms with E-state index >= 15 is 0 Å². The lowest BCUT2D eigenvalue weighted by molar-refractivity contribution is 0.312. The van der Waals surface area contributed by atoms with Gasteiger partial charge in [0, 0.05) is 31.7 Å². The van der Waals surface area contributed by atoms with E-state index in [1.165, 1.54) is 47.3 Å². The number of fused-ring (bicyclic) bond motifs is 1. The van der Waals surface area contributed by atoms with Crippen molar-refractivity contribution >= 4 is 21.4 Å². The van der Waals surface area contributed by atoms with Crippen LogP contribution in [0.3, 0.4) is 0 Å². The zero-order chi connectivity index (χ0) is 17.6. The van der Waals surface area contributed by atoms with Gasteiger partial charge in [-0.05, 0) is 51.0 Å². The van der Waals surface area contributed by atoms with Crippen molar-refractivity contribution in [2.24, 2.45) is 7.05 Å². The maximum Gasteiger partial charge on any atom is 0.254 e. The van der Waals surface area contributed by atoms with Crippen molar-refractivity contribution in [3.63, 3.8) is 0 Å². The Morgan fingerprint density at radius 1 is 1.20 bits per heavy atom. The Morgan fingerprint density at radius 3 is 2.60 bits per heavy atom. The van der Waals surface area contributed by atoms with E-state index in [9.17, 15) is 8.42 Å². The second-order valence-corrected chi connectivity index (χ2v) is 10.4. The molecule has 1 fully saturated rings. The minimum absolute atomic E-state index is 0.362. The Hall–Kier alpha value is -1.25. The molecule has 8 heteroatoms. The highest BCUT2D eigenvalue weighted by Crippen LogP contribution is 2.36. The summed E-state index contributed by atoms with van der Waals surface area (Å²) >= 11 is 1.25. The van der Waals surface area contributed by atoms with Crippen LogP contribution >= 0.6 is 11.3 Å². The molecule has 1 saturated heterocycles. The summed E-state index contributed by atoms with van der Waals surface area (Å²) in [5.74, 6) is 0.411. The third-order valence-corrected chi connectivity index (χ3v) is 8.65. The smallest absolute Gasteiger partial charge is 0.254 e. The van der Waals surface area contributed by atoms with Gasteiger partial charge in [0.2, 0.25) is 0 Å². The molecule has 0 unspecified atom stereocenters. The molecule has 2 aromatic heterocycles. The molecule has 0 atom stereocenters. The van der Waals surface area contributed by atoms with Crippen molar-refractivity contribution in [2.45, 2.75) is 55.6 Å². The molecular formula is C17H24N4O2S2. The highest BCUT2D eigenvalue weighted by molar-refractivity contribution is 7.91. The molecule has 1 aliphatic heterocycles. The van der Waals surface area contributed by atoms with Crippen molar-refractivity contribution in [3.8, 4) is 0 Å². The second kappa shape index (κ2) is 6.48. The molecule has 6 nitrogen and oxygen atoms in total. The molecule has 0 radical (unpaired) electrons. The highest BCUT2D eigenvalue weighted by atomic mass is 32.2. The Kier molecular flexibility index (Phi) is 4.45. The van der Waals surface area contributed by atoms with Crippen molar-refractivity contribution < 1.29 is 8.42 Å². The molecule has 0 bridgehead atoms. The van der Waals surface area contributed by atoms with Crippen LogP contribution in [-0.2, 0) is 29.9 Å². The maximum atomic E-state index is 12.8. The fourth-order valence-corrected chi connectivity index (χ4v) is 6.91. The minimum Gasteiger partial charge on any atom is -0.272 e. The fraction of sp³-hybridized carbons (Fsp3) is 0.647. The molecule has 1 aliphatic carbocycles. The van der Waals surface area contributed by atoms with E-state index in [1.54, 1.807) is 4.31 Å². The number of thiazole rings is 1. The van der Waals surface area contributed by atoms with Crippen LogP contribution in [0.2, 0.25) is 0 Å². The number of sulfonamides is 1. The number of hydrogen-bond acceptors (Lipinski definition) is 5. The number of aryl methyl sites for hydroxylation is 3. The summed E-state index contributed by atoms with van der Waals surface area (Å²) in [4.78, 5) is 4.09. The van der Waals surface area contributed by atoms with Crippen molar-refractivity contribution in [1.29, 1.82) is 0 Å². The summed E-state index contributed by atoms with van der Waals surface area (Å²) in [6.45, 7) is 2.98. The predicted molar refractivity (Wildman–Crippen MR) is 97.4 cm³/mol. The zero-order valence-corrected chi connectivity index (χ0v) is 16.4. The Morgan fingerprint density at radius 2 is 1.92 bits per heavy atom. The predicted octanol–water partition coefficient (Wildman–Crippen LogP) is 2.63. The molecule has 0 amide bonds. The van der Waals surface area contributed by atoms with Crippen molar-refractivity contribution in [2.75, 3.05) is 13.1 Å². The molecule has 4 rings (SSSR count). The normalized spacial score (nSPS) is 19.9. The maximum absolute atomic E-state index is 12.8. The van der Waals surface area contributed by atoms with Gasteiger partial charge in [0.25, 0.3) is 10.0 Å². The molecule has 136 valence electrons. The topological polar surface area (TPSA) is 68.1 Å². The van der Waals surface area contributed by atoms with Crippen LogP contribution in [0.4, 0.5) is 0 Å². The third-order valence-electron chi connectivity index (χ3n) is 5.40. The highest BCUT2D eigenvalue weighted by Gasteiger charge is 2.34. The number of hydrogen-bond donors (Lipinski definition) is 0. The van der Waals surface area contributed by atoms with E-state index < -0.39 is 10.0 Å². The first-order valence-corrected chi connectivity index (χ1v) is 11.2. The van der Waals surface area contributed by atoms with Gasteiger partial charge >= 0.3 is 0 Å². The van der Waals surface area contributed by atoms with Gasteiger partial charge in [-0.1, -0.05) is 0 Å². The fourth-order valence-electron chi connectivity index (χ4n) is 4.17. The quantitative estimate of drug-likeness (QED) is 0.821. The molecule has 0 spiro atoms. The van der Waals surface area contributed by atoms with E-state index in [0.29, 0.717) is 23.2 Å². The molecule has 0 N–H and O–H groups in total. The number of piperidine rings is 1. The summed E-state index contributed by atoms with van der Waals surface area (Å²) in [5, 5.41) is 5.51. The van der Waals surface area contributed by atoms with Gasteiger partial charge in [-0.25, -0.2) is 13.4 Å². The van der Waals surface area contributed by atoms with Crippen LogP contribution in [0, 0.1) is 6.92 Å². The van der Waals surface area contributed by atoms with E-state index in [0.717, 1.165) is 30.7 Å². The summed E-state index contributed by atoms with van der Waals surface area (Å²) < 4.78 is 29.6. The van der Waals surface area contributed by atoms with Gasteiger partial charge in [-0.3, -0.25) is 4.68 Å². The molecule has 0 saturated carbocycles. The van der Waals surface area contributed by atoms with E-state index in [2.05, 4.69) is 9.67 Å². The lowest BCUT2D eigenvalue weighted by atomic mass is 9.87. The average molecular weight is 381 g/mol. The van der Waals surface area contributed by atoms with Crippen molar-refractivity contribution in [1.82, 2.24) is 19.1 Å². The first kappa shape index (κ1) is 17.2. The van der Waals surface area contributed by atoms with Gasteiger partial charge in [0.05, 0.1) is 16.9 Å². The number of aromatic nitrogens is 3. The first-order chi connectivity index (χ1) is 12.0. The van der Waals surface area contributed by atoms with Crippen LogP contribution in [-0.4, -0.2) is 40.6 Å². The second-order valence-electron chi connectivity index (χ2n) is 7.02. The summed E-state index contributed by atoms with van der Waals surface area (Å²) in [6.07, 6.45) is 7.89. The van der Waals surface area contributed by atoms with Crippen LogP contribution in [0.5, 0.6) is 0 Å². The lowest BCUT2D eigenvalue weighted by Gasteiger charge is -2.31. The monoisotopic (exact) mass is 380 g/mol. The molecular weight excluding hydrogens is 356 g/mol. The largest absolute Gasteiger partial charge is 0.272 e. The van der Waals surface area contributed by atoms with Gasteiger partial charge < -0.3 is 0 Å². The van der Waals surface area contributed by atoms with Gasteiger partial charge in [0.1, 0.15) is 0 Å². The summed E-state index contributed by atoms with van der Waals surface area (Å²) in [7, 11) is -1.36. The summed E-state index contributed by atoms with van der Waals surface area (Å²) in [6, 6.07) is 0. The first-order valence-electron chi connectivity index (χ1n) is 8.94. The Labute approximate surface area is 152 Å². The van der Waals surface area contributed by atoms with E-state index in [1.807, 2.05) is 14.0 Å². The number of rotatable bonds is 3. The van der Waals surface area contributed by atoms with Crippen LogP contribution in [0.25, 0.3) is 0 Å². The summed E-state index contributed by atoms with van der Waals surface area (Å²) in [5.41, 5.74) is 4.05. The standard InChI is InChI=1S/C17H24N4O2S2/c1-12-18-11-16(24-12)25(22,23)21-9-7-13(8-10-21)17-14-5-3-4-6-15(14)19-20(17)2/h11,13H,3-10H2,1-2H3. The molecule has 2 aromatic rings. The molecule has 3 heterocycles. The van der Waals surface area contributed by atoms with E-state index in [4.69, 9.17) is 5.10 Å². The SMILES string of the molecule is Cc1ncc(S(=O)(=O)N2CCC(c3c4c(nn3C)CCCC4)CC2)s1. The van der Waals surface area contributed by atoms with Gasteiger partial charge in [0.15, 0.2) is 4.21 Å². The van der Waals surface area contributed by atoms with Crippen molar-refractivity contribution in [3.05, 3.63) is 28.2 Å².